The van der Waals surface area contributed by atoms with Crippen LogP contribution in [0.15, 0.2) is 58.4 Å². The second-order valence-electron chi connectivity index (χ2n) is 7.40. The molecule has 0 radical (unpaired) electrons. The maximum absolute atomic E-state index is 12.7. The van der Waals surface area contributed by atoms with Gasteiger partial charge in [-0.3, -0.25) is 0 Å². The van der Waals surface area contributed by atoms with Crippen LogP contribution in [0.3, 0.4) is 0 Å². The predicted molar refractivity (Wildman–Crippen MR) is 124 cm³/mol. The molecule has 1 fully saturated rings. The molecule has 1 saturated heterocycles. The SMILES string of the molecule is CCC(C)N1C(=Nc2ccccc2)SCC1(O)c1ccc(Cl)c(S(=O)(=O)N(C)C)c1. The summed E-state index contributed by atoms with van der Waals surface area (Å²) >= 11 is 7.66. The van der Waals surface area contributed by atoms with E-state index in [2.05, 4.69) is 0 Å². The predicted octanol–water partition coefficient (Wildman–Crippen LogP) is 4.27. The highest BCUT2D eigenvalue weighted by Gasteiger charge is 2.47. The Morgan fingerprint density at radius 2 is 1.93 bits per heavy atom. The number of hydrogen-bond acceptors (Lipinski definition) is 5. The van der Waals surface area contributed by atoms with Gasteiger partial charge in [0.1, 0.15) is 4.90 Å². The molecule has 1 heterocycles. The van der Waals surface area contributed by atoms with Crippen LogP contribution in [0.1, 0.15) is 25.8 Å². The van der Waals surface area contributed by atoms with Crippen LogP contribution >= 0.6 is 23.4 Å². The van der Waals surface area contributed by atoms with Crippen LogP contribution < -0.4 is 0 Å². The highest BCUT2D eigenvalue weighted by molar-refractivity contribution is 8.14. The number of para-hydroxylation sites is 1. The third-order valence-electron chi connectivity index (χ3n) is 5.17. The molecule has 162 valence electrons. The van der Waals surface area contributed by atoms with E-state index in [4.69, 9.17) is 16.6 Å². The molecule has 1 aliphatic heterocycles. The van der Waals surface area contributed by atoms with Gasteiger partial charge in [-0.2, -0.15) is 0 Å². The maximum atomic E-state index is 12.7. The number of halogens is 1. The van der Waals surface area contributed by atoms with Crippen molar-refractivity contribution < 1.29 is 13.5 Å². The van der Waals surface area contributed by atoms with E-state index in [9.17, 15) is 13.5 Å². The summed E-state index contributed by atoms with van der Waals surface area (Å²) in [5.41, 5.74) is -0.141. The molecule has 0 saturated carbocycles. The lowest BCUT2D eigenvalue weighted by Gasteiger charge is -2.39. The number of nitrogens with zero attached hydrogens (tertiary/aromatic N) is 3. The summed E-state index contributed by atoms with van der Waals surface area (Å²) in [6.45, 7) is 4.06. The Hall–Kier alpha value is -1.58. The van der Waals surface area contributed by atoms with Crippen molar-refractivity contribution in [3.05, 3.63) is 59.1 Å². The molecular formula is C21H26ClN3O3S2. The minimum Gasteiger partial charge on any atom is -0.366 e. The summed E-state index contributed by atoms with van der Waals surface area (Å²) in [6.07, 6.45) is 0.785. The van der Waals surface area contributed by atoms with E-state index in [1.54, 1.807) is 6.07 Å². The zero-order valence-electron chi connectivity index (χ0n) is 17.4. The molecule has 6 nitrogen and oxygen atoms in total. The molecule has 2 atom stereocenters. The van der Waals surface area contributed by atoms with Crippen LogP contribution in [0, 0.1) is 0 Å². The Kier molecular flexibility index (Phi) is 6.84. The standard InChI is InChI=1S/C21H26ClN3O3S2/c1-5-15(2)25-20(23-17-9-7-6-8-10-17)29-14-21(25,26)16-11-12-18(22)19(13-16)30(27,28)24(3)4/h6-13,15,26H,5,14H2,1-4H3. The molecule has 0 amide bonds. The Balaban J connectivity index is 2.11. The van der Waals surface area contributed by atoms with Crippen LogP contribution in [0.25, 0.3) is 0 Å². The molecule has 0 aliphatic carbocycles. The zero-order valence-corrected chi connectivity index (χ0v) is 19.8. The van der Waals surface area contributed by atoms with Crippen molar-refractivity contribution in [3.63, 3.8) is 0 Å². The number of amidine groups is 1. The third-order valence-corrected chi connectivity index (χ3v) is 8.56. The molecule has 0 spiro atoms. The van der Waals surface area contributed by atoms with Crippen LogP contribution in [0.4, 0.5) is 5.69 Å². The number of sulfonamides is 1. The van der Waals surface area contributed by atoms with Crippen molar-refractivity contribution in [1.82, 2.24) is 9.21 Å². The number of benzene rings is 2. The van der Waals surface area contributed by atoms with Crippen LogP contribution in [0.5, 0.6) is 0 Å². The lowest BCUT2D eigenvalue weighted by atomic mass is 10.0. The first-order valence-electron chi connectivity index (χ1n) is 9.62. The van der Waals surface area contributed by atoms with Gasteiger partial charge >= 0.3 is 0 Å². The zero-order chi connectivity index (χ0) is 22.1. The van der Waals surface area contributed by atoms with Crippen molar-refractivity contribution >= 4 is 44.2 Å². The van der Waals surface area contributed by atoms with E-state index in [-0.39, 0.29) is 16.0 Å². The Morgan fingerprint density at radius 3 is 2.53 bits per heavy atom. The topological polar surface area (TPSA) is 73.2 Å². The smallest absolute Gasteiger partial charge is 0.244 e. The Bertz CT molecular complexity index is 1040. The molecule has 3 rings (SSSR count). The van der Waals surface area contributed by atoms with Gasteiger partial charge in [0.2, 0.25) is 10.0 Å². The van der Waals surface area contributed by atoms with Crippen molar-refractivity contribution in [2.45, 2.75) is 36.9 Å². The van der Waals surface area contributed by atoms with Gasteiger partial charge in [0.25, 0.3) is 0 Å². The van der Waals surface area contributed by atoms with E-state index in [0.717, 1.165) is 16.4 Å². The van der Waals surface area contributed by atoms with Gasteiger partial charge in [-0.25, -0.2) is 17.7 Å². The van der Waals surface area contributed by atoms with E-state index in [0.29, 0.717) is 16.5 Å². The Morgan fingerprint density at radius 1 is 1.27 bits per heavy atom. The highest BCUT2D eigenvalue weighted by atomic mass is 35.5. The normalized spacial score (nSPS) is 22.1. The highest BCUT2D eigenvalue weighted by Crippen LogP contribution is 2.43. The second kappa shape index (κ2) is 8.88. The van der Waals surface area contributed by atoms with Crippen molar-refractivity contribution in [2.24, 2.45) is 4.99 Å². The van der Waals surface area contributed by atoms with Crippen LogP contribution in [0.2, 0.25) is 5.02 Å². The summed E-state index contributed by atoms with van der Waals surface area (Å²) < 4.78 is 26.5. The largest absolute Gasteiger partial charge is 0.366 e. The number of rotatable bonds is 6. The van der Waals surface area contributed by atoms with E-state index in [1.165, 1.54) is 38.0 Å². The quantitative estimate of drug-likeness (QED) is 0.686. The number of hydrogen-bond donors (Lipinski definition) is 1. The fourth-order valence-corrected chi connectivity index (χ4v) is 5.94. The first-order valence-corrected chi connectivity index (χ1v) is 12.4. The summed E-state index contributed by atoms with van der Waals surface area (Å²) in [7, 11) is -0.851. The molecule has 9 heteroatoms. The van der Waals surface area contributed by atoms with Crippen LogP contribution in [-0.4, -0.2) is 53.8 Å². The molecule has 2 aromatic carbocycles. The van der Waals surface area contributed by atoms with Gasteiger partial charge in [-0.05, 0) is 37.6 Å². The van der Waals surface area contributed by atoms with Crippen molar-refractivity contribution in [1.29, 1.82) is 0 Å². The monoisotopic (exact) mass is 467 g/mol. The molecular weight excluding hydrogens is 442 g/mol. The van der Waals surface area contributed by atoms with E-state index >= 15 is 0 Å². The average Bonchev–Trinajstić information content (AvgIpc) is 3.05. The fourth-order valence-electron chi connectivity index (χ4n) is 3.27. The molecule has 0 bridgehead atoms. The van der Waals surface area contributed by atoms with Crippen LogP contribution in [-0.2, 0) is 15.7 Å². The fraction of sp³-hybridized carbons (Fsp3) is 0.381. The number of thioether (sulfide) groups is 1. The number of aliphatic hydroxyl groups is 1. The molecule has 1 N–H and O–H groups in total. The first kappa shape index (κ1) is 23.1. The summed E-state index contributed by atoms with van der Waals surface area (Å²) in [4.78, 5) is 6.59. The molecule has 2 aromatic rings. The van der Waals surface area contributed by atoms with Gasteiger partial charge < -0.3 is 10.0 Å². The maximum Gasteiger partial charge on any atom is 0.244 e. The van der Waals surface area contributed by atoms with Gasteiger partial charge in [-0.15, -0.1) is 0 Å². The van der Waals surface area contributed by atoms with Crippen molar-refractivity contribution in [3.8, 4) is 0 Å². The molecule has 30 heavy (non-hydrogen) atoms. The first-order chi connectivity index (χ1) is 14.1. The summed E-state index contributed by atoms with van der Waals surface area (Å²) in [5, 5.41) is 12.6. The minimum absolute atomic E-state index is 0.0166. The molecule has 2 unspecified atom stereocenters. The third kappa shape index (κ3) is 4.24. The lowest BCUT2D eigenvalue weighted by Crippen LogP contribution is -2.49. The second-order valence-corrected chi connectivity index (χ2v) is 10.9. The van der Waals surface area contributed by atoms with E-state index < -0.39 is 15.7 Å². The van der Waals surface area contributed by atoms with Gasteiger partial charge in [0.15, 0.2) is 10.9 Å². The lowest BCUT2D eigenvalue weighted by molar-refractivity contribution is -0.0652. The van der Waals surface area contributed by atoms with Gasteiger partial charge in [0.05, 0.1) is 16.5 Å². The van der Waals surface area contributed by atoms with Crippen molar-refractivity contribution in [2.75, 3.05) is 19.8 Å². The number of aliphatic imine (C=N–C) groups is 1. The molecule has 0 aromatic heterocycles. The van der Waals surface area contributed by atoms with Gasteiger partial charge in [0, 0.05) is 25.7 Å². The Labute approximate surface area is 187 Å². The minimum atomic E-state index is -3.76. The molecule has 1 aliphatic rings. The van der Waals surface area contributed by atoms with E-state index in [1.807, 2.05) is 49.1 Å². The summed E-state index contributed by atoms with van der Waals surface area (Å²) in [5.74, 6) is 0.325. The average molecular weight is 468 g/mol. The summed E-state index contributed by atoms with van der Waals surface area (Å²) in [6, 6.07) is 14.2. The van der Waals surface area contributed by atoms with Gasteiger partial charge in [-0.1, -0.05) is 54.6 Å².